The van der Waals surface area contributed by atoms with Gasteiger partial charge in [-0.25, -0.2) is 0 Å². The van der Waals surface area contributed by atoms with E-state index in [1.165, 1.54) is 5.56 Å². The largest absolute Gasteiger partial charge is 0.457 e. The summed E-state index contributed by atoms with van der Waals surface area (Å²) in [6, 6.07) is 12.1. The van der Waals surface area contributed by atoms with Gasteiger partial charge in [-0.05, 0) is 44.7 Å². The molecule has 1 saturated heterocycles. The molecule has 0 unspecified atom stereocenters. The highest BCUT2D eigenvalue weighted by Gasteiger charge is 2.45. The van der Waals surface area contributed by atoms with Crippen LogP contribution in [0.5, 0.6) is 0 Å². The first-order valence-electron chi connectivity index (χ1n) is 12.7. The Hall–Kier alpha value is -2.93. The van der Waals surface area contributed by atoms with Crippen molar-refractivity contribution in [3.05, 3.63) is 58.9 Å². The van der Waals surface area contributed by atoms with Crippen LogP contribution in [0.1, 0.15) is 59.4 Å². The maximum atomic E-state index is 13.2. The summed E-state index contributed by atoms with van der Waals surface area (Å²) in [5, 5.41) is 0. The Kier molecular flexibility index (Phi) is 8.06. The van der Waals surface area contributed by atoms with Crippen LogP contribution in [0.4, 0.5) is 0 Å². The van der Waals surface area contributed by atoms with Gasteiger partial charge in [0.2, 0.25) is 11.7 Å². The van der Waals surface area contributed by atoms with Crippen LogP contribution in [-0.2, 0) is 32.0 Å². The molecule has 1 aliphatic heterocycles. The van der Waals surface area contributed by atoms with E-state index in [1.807, 2.05) is 38.1 Å². The standard InChI is InChI=1S/C28H36N2O5/c1-21-18-24(22(2)30(21)13-10-23-8-4-3-5-9-23)25(31)20-35-27(33)28(11-6-7-12-28)19-26(32)29-14-16-34-17-15-29/h3-5,8-9,18H,6-7,10-17,19-20H2,1-2H3. The SMILES string of the molecule is Cc1cc(C(=O)COC(=O)C2(CC(=O)N3CCOCC3)CCCC2)c(C)n1CCc1ccccc1. The molecule has 1 amide bonds. The van der Waals surface area contributed by atoms with Crippen molar-refractivity contribution in [1.29, 1.82) is 0 Å². The van der Waals surface area contributed by atoms with Crippen molar-refractivity contribution in [2.24, 2.45) is 5.41 Å². The summed E-state index contributed by atoms with van der Waals surface area (Å²) in [7, 11) is 0. The molecule has 1 saturated carbocycles. The van der Waals surface area contributed by atoms with Crippen LogP contribution in [0.25, 0.3) is 0 Å². The number of amides is 1. The first kappa shape index (κ1) is 25.2. The summed E-state index contributed by atoms with van der Waals surface area (Å²) >= 11 is 0. The third-order valence-corrected chi connectivity index (χ3v) is 7.52. The highest BCUT2D eigenvalue weighted by atomic mass is 16.5. The Bertz CT molecular complexity index is 1050. The van der Waals surface area contributed by atoms with E-state index in [-0.39, 0.29) is 24.7 Å². The van der Waals surface area contributed by atoms with Crippen molar-refractivity contribution in [2.45, 2.75) is 58.9 Å². The molecule has 0 bridgehead atoms. The minimum absolute atomic E-state index is 0.0274. The molecule has 1 aliphatic carbocycles. The number of hydrogen-bond acceptors (Lipinski definition) is 5. The quantitative estimate of drug-likeness (QED) is 0.402. The molecule has 188 valence electrons. The average molecular weight is 481 g/mol. The van der Waals surface area contributed by atoms with E-state index in [0.29, 0.717) is 44.7 Å². The molecule has 2 aromatic rings. The lowest BCUT2D eigenvalue weighted by atomic mass is 9.82. The highest BCUT2D eigenvalue weighted by Crippen LogP contribution is 2.42. The second-order valence-corrected chi connectivity index (χ2v) is 9.83. The number of carbonyl (C=O) groups is 3. The maximum absolute atomic E-state index is 13.2. The molecule has 0 N–H and O–H groups in total. The second kappa shape index (κ2) is 11.2. The highest BCUT2D eigenvalue weighted by molar-refractivity contribution is 5.99. The predicted octanol–water partition coefficient (Wildman–Crippen LogP) is 3.88. The first-order valence-corrected chi connectivity index (χ1v) is 12.7. The van der Waals surface area contributed by atoms with E-state index in [9.17, 15) is 14.4 Å². The number of nitrogens with zero attached hydrogens (tertiary/aromatic N) is 2. The van der Waals surface area contributed by atoms with Crippen LogP contribution in [0, 0.1) is 19.3 Å². The van der Waals surface area contributed by atoms with Crippen LogP contribution in [0.15, 0.2) is 36.4 Å². The number of ketones is 1. The Morgan fingerprint density at radius 3 is 2.40 bits per heavy atom. The van der Waals surface area contributed by atoms with Crippen molar-refractivity contribution < 1.29 is 23.9 Å². The summed E-state index contributed by atoms with van der Waals surface area (Å²) in [5.74, 6) is -0.645. The van der Waals surface area contributed by atoms with Crippen molar-refractivity contribution in [3.8, 4) is 0 Å². The molecule has 2 heterocycles. The van der Waals surface area contributed by atoms with E-state index < -0.39 is 11.4 Å². The van der Waals surface area contributed by atoms with E-state index in [1.54, 1.807) is 4.90 Å². The van der Waals surface area contributed by atoms with Crippen LogP contribution in [0.3, 0.4) is 0 Å². The van der Waals surface area contributed by atoms with E-state index >= 15 is 0 Å². The van der Waals surface area contributed by atoms with Crippen LogP contribution in [0.2, 0.25) is 0 Å². The molecule has 1 aromatic heterocycles. The number of carbonyl (C=O) groups excluding carboxylic acids is 3. The normalized spacial score (nSPS) is 17.4. The topological polar surface area (TPSA) is 77.8 Å². The lowest BCUT2D eigenvalue weighted by Crippen LogP contribution is -2.44. The summed E-state index contributed by atoms with van der Waals surface area (Å²) in [6.07, 6.45) is 4.06. The first-order chi connectivity index (χ1) is 16.9. The van der Waals surface area contributed by atoms with Crippen molar-refractivity contribution in [1.82, 2.24) is 9.47 Å². The van der Waals surface area contributed by atoms with Gasteiger partial charge in [0.05, 0.1) is 18.6 Å². The van der Waals surface area contributed by atoms with Crippen molar-refractivity contribution in [2.75, 3.05) is 32.9 Å². The van der Waals surface area contributed by atoms with Gasteiger partial charge in [-0.2, -0.15) is 0 Å². The number of rotatable bonds is 9. The lowest BCUT2D eigenvalue weighted by Gasteiger charge is -2.31. The number of aromatic nitrogens is 1. The molecule has 1 aromatic carbocycles. The molecule has 7 nitrogen and oxygen atoms in total. The molecule has 2 fully saturated rings. The van der Waals surface area contributed by atoms with Gasteiger partial charge in [0.25, 0.3) is 0 Å². The van der Waals surface area contributed by atoms with Crippen LogP contribution >= 0.6 is 0 Å². The number of hydrogen-bond donors (Lipinski definition) is 0. The Balaban J connectivity index is 1.37. The number of esters is 1. The molecular formula is C28H36N2O5. The smallest absolute Gasteiger partial charge is 0.313 e. The summed E-state index contributed by atoms with van der Waals surface area (Å²) in [6.45, 7) is 6.59. The summed E-state index contributed by atoms with van der Waals surface area (Å²) in [5.41, 5.74) is 2.92. The maximum Gasteiger partial charge on any atom is 0.313 e. The third kappa shape index (κ3) is 5.84. The minimum Gasteiger partial charge on any atom is -0.457 e. The molecule has 0 radical (unpaired) electrons. The Labute approximate surface area is 207 Å². The fraction of sp³-hybridized carbons (Fsp3) is 0.536. The molecule has 0 spiro atoms. The van der Waals surface area contributed by atoms with Crippen molar-refractivity contribution in [3.63, 3.8) is 0 Å². The number of morpholine rings is 1. The minimum atomic E-state index is -0.817. The molecular weight excluding hydrogens is 444 g/mol. The van der Waals surface area contributed by atoms with Gasteiger partial charge in [-0.3, -0.25) is 14.4 Å². The Morgan fingerprint density at radius 2 is 1.71 bits per heavy atom. The fourth-order valence-corrected chi connectivity index (χ4v) is 5.39. The Morgan fingerprint density at radius 1 is 1.03 bits per heavy atom. The van der Waals surface area contributed by atoms with Crippen molar-refractivity contribution >= 4 is 17.7 Å². The zero-order valence-corrected chi connectivity index (χ0v) is 20.9. The monoisotopic (exact) mass is 480 g/mol. The number of benzene rings is 1. The zero-order valence-electron chi connectivity index (χ0n) is 20.9. The van der Waals surface area contributed by atoms with Crippen LogP contribution in [-0.4, -0.2) is 60.0 Å². The fourth-order valence-electron chi connectivity index (χ4n) is 5.39. The van der Waals surface area contributed by atoms with Gasteiger partial charge < -0.3 is 18.9 Å². The van der Waals surface area contributed by atoms with E-state index in [2.05, 4.69) is 16.7 Å². The lowest BCUT2D eigenvalue weighted by molar-refractivity contribution is -0.159. The average Bonchev–Trinajstić information content (AvgIpc) is 3.47. The van der Waals surface area contributed by atoms with E-state index in [0.717, 1.165) is 37.2 Å². The van der Waals surface area contributed by atoms with Gasteiger partial charge in [0.1, 0.15) is 0 Å². The molecule has 35 heavy (non-hydrogen) atoms. The third-order valence-electron chi connectivity index (χ3n) is 7.52. The second-order valence-electron chi connectivity index (χ2n) is 9.83. The molecule has 7 heteroatoms. The van der Waals surface area contributed by atoms with Gasteiger partial charge >= 0.3 is 5.97 Å². The number of ether oxygens (including phenoxy) is 2. The number of aryl methyl sites for hydroxylation is 2. The van der Waals surface area contributed by atoms with Gasteiger partial charge in [-0.1, -0.05) is 43.2 Å². The molecule has 2 aliphatic rings. The summed E-state index contributed by atoms with van der Waals surface area (Å²) < 4.78 is 13.0. The van der Waals surface area contributed by atoms with Gasteiger partial charge in [0.15, 0.2) is 6.61 Å². The number of Topliss-reactive ketones (excluding diaryl/α,β-unsaturated/α-hetero) is 1. The van der Waals surface area contributed by atoms with Gasteiger partial charge in [0, 0.05) is 43.0 Å². The van der Waals surface area contributed by atoms with E-state index in [4.69, 9.17) is 9.47 Å². The zero-order chi connectivity index (χ0) is 24.8. The predicted molar refractivity (Wildman–Crippen MR) is 132 cm³/mol. The van der Waals surface area contributed by atoms with Gasteiger partial charge in [-0.15, -0.1) is 0 Å². The molecule has 4 rings (SSSR count). The summed E-state index contributed by atoms with van der Waals surface area (Å²) in [4.78, 5) is 40.8. The van der Waals surface area contributed by atoms with Crippen LogP contribution < -0.4 is 0 Å². The molecule has 0 atom stereocenters.